The van der Waals surface area contributed by atoms with E-state index in [1.807, 2.05) is 6.07 Å². The number of hydrogen-bond donors (Lipinski definition) is 0. The van der Waals surface area contributed by atoms with Gasteiger partial charge in [0.2, 0.25) is 0 Å². The van der Waals surface area contributed by atoms with Crippen LogP contribution in [0, 0.1) is 0 Å². The van der Waals surface area contributed by atoms with Gasteiger partial charge in [-0.25, -0.2) is 0 Å². The summed E-state index contributed by atoms with van der Waals surface area (Å²) in [5.41, 5.74) is 1.45. The number of benzene rings is 1. The molecule has 0 spiro atoms. The van der Waals surface area contributed by atoms with Gasteiger partial charge < -0.3 is 23.8 Å². The van der Waals surface area contributed by atoms with Crippen molar-refractivity contribution in [2.75, 3.05) is 42.0 Å². The molecule has 0 amide bonds. The van der Waals surface area contributed by atoms with Crippen molar-refractivity contribution in [1.29, 1.82) is 0 Å². The van der Waals surface area contributed by atoms with E-state index in [4.69, 9.17) is 18.9 Å². The zero-order chi connectivity index (χ0) is 17.4. The van der Waals surface area contributed by atoms with Gasteiger partial charge in [0.05, 0.1) is 14.2 Å². The Morgan fingerprint density at radius 2 is 1.67 bits per heavy atom. The normalized spacial score (nSPS) is 29.3. The van der Waals surface area contributed by atoms with Crippen LogP contribution in [0.25, 0.3) is 0 Å². The maximum Gasteiger partial charge on any atom is 0.169 e. The molecule has 2 unspecified atom stereocenters. The van der Waals surface area contributed by atoms with Gasteiger partial charge in [0.15, 0.2) is 17.3 Å². The fourth-order valence-electron chi connectivity index (χ4n) is 4.65. The molecule has 2 atom stereocenters. The highest BCUT2D eigenvalue weighted by molar-refractivity contribution is 5.46. The summed E-state index contributed by atoms with van der Waals surface area (Å²) < 4.78 is 22.4. The second-order valence-corrected chi connectivity index (χ2v) is 7.00. The summed E-state index contributed by atoms with van der Waals surface area (Å²) in [5.74, 6) is 1.11. The molecule has 1 saturated carbocycles. The van der Waals surface area contributed by atoms with E-state index >= 15 is 0 Å². The Hall–Kier alpha value is -1.30. The number of likely N-dealkylation sites (N-methyl/N-ethyl adjacent to an activating group) is 1. The van der Waals surface area contributed by atoms with Gasteiger partial charge in [-0.15, -0.1) is 0 Å². The molecule has 2 aliphatic rings. The first-order valence-electron chi connectivity index (χ1n) is 8.57. The van der Waals surface area contributed by atoms with E-state index in [1.54, 1.807) is 28.4 Å². The van der Waals surface area contributed by atoms with Crippen LogP contribution >= 0.6 is 0 Å². The standard InChI is InChI=1S/C19H29NO4/c1-20-11-10-18(8-9-19(23-4,24-5)13-17(18)20)14-6-7-15(21-2)16(12-14)22-3/h6-7,12,17H,8-11,13H2,1-5H3. The van der Waals surface area contributed by atoms with Crippen LogP contribution in [0.2, 0.25) is 0 Å². The topological polar surface area (TPSA) is 40.2 Å². The van der Waals surface area contributed by atoms with E-state index < -0.39 is 5.79 Å². The van der Waals surface area contributed by atoms with Crippen molar-refractivity contribution in [2.45, 2.75) is 42.9 Å². The maximum absolute atomic E-state index is 5.75. The van der Waals surface area contributed by atoms with Crippen molar-refractivity contribution in [2.24, 2.45) is 0 Å². The zero-order valence-corrected chi connectivity index (χ0v) is 15.4. The van der Waals surface area contributed by atoms with Crippen LogP contribution in [0.1, 0.15) is 31.2 Å². The quantitative estimate of drug-likeness (QED) is 0.774. The molecule has 5 nitrogen and oxygen atoms in total. The van der Waals surface area contributed by atoms with Gasteiger partial charge >= 0.3 is 0 Å². The molecular formula is C19H29NO4. The van der Waals surface area contributed by atoms with Crippen LogP contribution in [-0.2, 0) is 14.9 Å². The van der Waals surface area contributed by atoms with Crippen molar-refractivity contribution in [3.63, 3.8) is 0 Å². The molecule has 2 fully saturated rings. The number of methoxy groups -OCH3 is 4. The van der Waals surface area contributed by atoms with Gasteiger partial charge in [-0.2, -0.15) is 0 Å². The number of rotatable bonds is 5. The van der Waals surface area contributed by atoms with Crippen molar-refractivity contribution in [3.8, 4) is 11.5 Å². The first kappa shape index (κ1) is 17.5. The minimum absolute atomic E-state index is 0.120. The Balaban J connectivity index is 1.99. The SMILES string of the molecule is COc1ccc(C23CCN(C)C2CC(OC)(OC)CC3)cc1OC. The number of nitrogens with zero attached hydrogens (tertiary/aromatic N) is 1. The summed E-state index contributed by atoms with van der Waals surface area (Å²) >= 11 is 0. The largest absolute Gasteiger partial charge is 0.493 e. The molecule has 3 rings (SSSR count). The molecule has 0 bridgehead atoms. The highest BCUT2D eigenvalue weighted by Gasteiger charge is 2.55. The van der Waals surface area contributed by atoms with E-state index in [2.05, 4.69) is 24.1 Å². The summed E-state index contributed by atoms with van der Waals surface area (Å²) in [4.78, 5) is 2.45. The highest BCUT2D eigenvalue weighted by atomic mass is 16.7. The lowest BCUT2D eigenvalue weighted by molar-refractivity contribution is -0.236. The minimum atomic E-state index is -0.469. The smallest absolute Gasteiger partial charge is 0.169 e. The molecule has 1 saturated heterocycles. The van der Waals surface area contributed by atoms with Gasteiger partial charge in [-0.05, 0) is 44.1 Å². The average molecular weight is 335 g/mol. The van der Waals surface area contributed by atoms with Crippen molar-refractivity contribution >= 4 is 0 Å². The molecule has 0 radical (unpaired) electrons. The summed E-state index contributed by atoms with van der Waals surface area (Å²) in [6, 6.07) is 6.76. The predicted molar refractivity (Wildman–Crippen MR) is 92.9 cm³/mol. The van der Waals surface area contributed by atoms with E-state index in [1.165, 1.54) is 5.56 Å². The molecule has 1 aromatic rings. The third kappa shape index (κ3) is 2.59. The first-order valence-corrected chi connectivity index (χ1v) is 8.57. The summed E-state index contributed by atoms with van der Waals surface area (Å²) in [5, 5.41) is 0. The highest BCUT2D eigenvalue weighted by Crippen LogP contribution is 2.52. The van der Waals surface area contributed by atoms with Gasteiger partial charge in [0.25, 0.3) is 0 Å². The lowest BCUT2D eigenvalue weighted by Crippen LogP contribution is -2.53. The molecule has 134 valence electrons. The van der Waals surface area contributed by atoms with E-state index in [0.717, 1.165) is 43.7 Å². The van der Waals surface area contributed by atoms with Crippen LogP contribution in [0.15, 0.2) is 18.2 Å². The Labute approximate surface area is 144 Å². The minimum Gasteiger partial charge on any atom is -0.493 e. The van der Waals surface area contributed by atoms with Gasteiger partial charge in [-0.1, -0.05) is 6.07 Å². The molecular weight excluding hydrogens is 306 g/mol. The molecule has 0 N–H and O–H groups in total. The molecule has 1 aliphatic heterocycles. The lowest BCUT2D eigenvalue weighted by atomic mass is 9.64. The Bertz CT molecular complexity index is 587. The summed E-state index contributed by atoms with van der Waals surface area (Å²) in [6.07, 6.45) is 3.97. The fraction of sp³-hybridized carbons (Fsp3) is 0.684. The summed E-state index contributed by atoms with van der Waals surface area (Å²) in [6.45, 7) is 1.09. The Morgan fingerprint density at radius 1 is 0.958 bits per heavy atom. The van der Waals surface area contributed by atoms with Gasteiger partial charge in [-0.3, -0.25) is 0 Å². The number of likely N-dealkylation sites (tertiary alicyclic amines) is 1. The number of hydrogen-bond acceptors (Lipinski definition) is 5. The number of ether oxygens (including phenoxy) is 4. The fourth-order valence-corrected chi connectivity index (χ4v) is 4.65. The molecule has 1 aromatic carbocycles. The third-order valence-electron chi connectivity index (χ3n) is 6.24. The first-order chi connectivity index (χ1) is 11.5. The predicted octanol–water partition coefficient (Wildman–Crippen LogP) is 2.82. The zero-order valence-electron chi connectivity index (χ0n) is 15.4. The molecule has 5 heteroatoms. The van der Waals surface area contributed by atoms with Crippen LogP contribution in [0.5, 0.6) is 11.5 Å². The van der Waals surface area contributed by atoms with Gasteiger partial charge in [0, 0.05) is 38.5 Å². The second kappa shape index (κ2) is 6.54. The van der Waals surface area contributed by atoms with Crippen LogP contribution in [0.4, 0.5) is 0 Å². The molecule has 1 aliphatic carbocycles. The van der Waals surface area contributed by atoms with E-state index in [0.29, 0.717) is 6.04 Å². The molecule has 24 heavy (non-hydrogen) atoms. The molecule has 0 aromatic heterocycles. The molecule has 1 heterocycles. The van der Waals surface area contributed by atoms with Crippen molar-refractivity contribution in [3.05, 3.63) is 23.8 Å². The number of fused-ring (bicyclic) bond motifs is 1. The van der Waals surface area contributed by atoms with Crippen LogP contribution in [-0.4, -0.2) is 58.8 Å². The van der Waals surface area contributed by atoms with E-state index in [-0.39, 0.29) is 5.41 Å². The average Bonchev–Trinajstić information content (AvgIpc) is 2.98. The van der Waals surface area contributed by atoms with E-state index in [9.17, 15) is 0 Å². The Morgan fingerprint density at radius 3 is 2.29 bits per heavy atom. The maximum atomic E-state index is 5.75. The van der Waals surface area contributed by atoms with Gasteiger partial charge in [0.1, 0.15) is 0 Å². The van der Waals surface area contributed by atoms with Crippen LogP contribution in [0.3, 0.4) is 0 Å². The van der Waals surface area contributed by atoms with Crippen LogP contribution < -0.4 is 9.47 Å². The summed E-state index contributed by atoms with van der Waals surface area (Å²) in [7, 11) is 9.08. The second-order valence-electron chi connectivity index (χ2n) is 7.00. The lowest BCUT2D eigenvalue weighted by Gasteiger charge is -2.49. The van der Waals surface area contributed by atoms with Crippen molar-refractivity contribution in [1.82, 2.24) is 4.90 Å². The third-order valence-corrected chi connectivity index (χ3v) is 6.24. The Kier molecular flexibility index (Phi) is 4.78. The monoisotopic (exact) mass is 335 g/mol. The van der Waals surface area contributed by atoms with Crippen molar-refractivity contribution < 1.29 is 18.9 Å².